The van der Waals surface area contributed by atoms with Crippen molar-refractivity contribution in [2.45, 2.75) is 50.3 Å². The van der Waals surface area contributed by atoms with Crippen molar-refractivity contribution in [3.8, 4) is 12.3 Å². The van der Waals surface area contributed by atoms with Crippen LogP contribution in [0.15, 0.2) is 0 Å². The highest BCUT2D eigenvalue weighted by atomic mass is 16.8. The Morgan fingerprint density at radius 2 is 2.00 bits per heavy atom. The maximum Gasteiger partial charge on any atom is 0.186 e. The minimum atomic E-state index is -1.02. The second-order valence-corrected chi connectivity index (χ2v) is 4.38. The zero-order valence-electron chi connectivity index (χ0n) is 9.54. The molecule has 2 heterocycles. The molecule has 0 radical (unpaired) electrons. The van der Waals surface area contributed by atoms with Crippen molar-refractivity contribution >= 4 is 0 Å². The molecule has 0 amide bonds. The van der Waals surface area contributed by atoms with Gasteiger partial charge in [-0.25, -0.2) is 0 Å². The van der Waals surface area contributed by atoms with Gasteiger partial charge in [0.1, 0.15) is 24.4 Å². The molecule has 0 aliphatic carbocycles. The second-order valence-electron chi connectivity index (χ2n) is 4.38. The van der Waals surface area contributed by atoms with Crippen LogP contribution in [0.1, 0.15) is 13.8 Å². The molecule has 0 spiro atoms. The summed E-state index contributed by atoms with van der Waals surface area (Å²) in [5.41, 5.74) is 0. The molecule has 2 fully saturated rings. The number of methoxy groups -OCH3 is 1. The fourth-order valence-electron chi connectivity index (χ4n) is 2.13. The number of fused-ring (bicyclic) bond motifs is 1. The van der Waals surface area contributed by atoms with E-state index < -0.39 is 30.4 Å². The van der Waals surface area contributed by atoms with Gasteiger partial charge in [0, 0.05) is 7.11 Å². The Kier molecular flexibility index (Phi) is 2.95. The lowest BCUT2D eigenvalue weighted by Crippen LogP contribution is -2.37. The fourth-order valence-corrected chi connectivity index (χ4v) is 2.13. The molecule has 5 nitrogen and oxygen atoms in total. The Morgan fingerprint density at radius 1 is 1.38 bits per heavy atom. The van der Waals surface area contributed by atoms with Crippen LogP contribution < -0.4 is 0 Å². The molecule has 0 aromatic carbocycles. The standard InChI is InChI=1S/C11H16O5/c1-5-6(12)7-8-9(10(13-4)14-7)16-11(2,3)15-8/h1,6-10,12H,2-4H3/t6-,7-,8-,9-,10-/m1/s1. The number of rotatable bonds is 2. The zero-order chi connectivity index (χ0) is 11.9. The topological polar surface area (TPSA) is 57.2 Å². The summed E-state index contributed by atoms with van der Waals surface area (Å²) in [6.07, 6.45) is 2.23. The minimum absolute atomic E-state index is 0.354. The van der Waals surface area contributed by atoms with Gasteiger partial charge in [0.2, 0.25) is 0 Å². The lowest BCUT2D eigenvalue weighted by molar-refractivity contribution is -0.233. The number of hydrogen-bond donors (Lipinski definition) is 1. The van der Waals surface area contributed by atoms with E-state index in [1.54, 1.807) is 13.8 Å². The van der Waals surface area contributed by atoms with Crippen molar-refractivity contribution in [2.75, 3.05) is 7.11 Å². The van der Waals surface area contributed by atoms with Gasteiger partial charge >= 0.3 is 0 Å². The van der Waals surface area contributed by atoms with E-state index >= 15 is 0 Å². The van der Waals surface area contributed by atoms with Crippen molar-refractivity contribution in [3.05, 3.63) is 0 Å². The molecule has 0 saturated carbocycles. The van der Waals surface area contributed by atoms with Gasteiger partial charge in [-0.3, -0.25) is 0 Å². The van der Waals surface area contributed by atoms with Gasteiger partial charge in [-0.1, -0.05) is 5.92 Å². The maximum atomic E-state index is 9.64. The van der Waals surface area contributed by atoms with Crippen molar-refractivity contribution < 1.29 is 24.1 Å². The summed E-state index contributed by atoms with van der Waals surface area (Å²) >= 11 is 0. The van der Waals surface area contributed by atoms with Gasteiger partial charge in [0.05, 0.1) is 0 Å². The zero-order valence-corrected chi connectivity index (χ0v) is 9.54. The third-order valence-electron chi connectivity index (χ3n) is 2.76. The number of terminal acetylenes is 1. The Bertz CT molecular complexity index is 308. The van der Waals surface area contributed by atoms with E-state index in [0.29, 0.717) is 0 Å². The summed E-state index contributed by atoms with van der Waals surface area (Å²) in [4.78, 5) is 0. The second kappa shape index (κ2) is 3.99. The molecule has 1 N–H and O–H groups in total. The van der Waals surface area contributed by atoms with Gasteiger partial charge in [0.25, 0.3) is 0 Å². The monoisotopic (exact) mass is 228 g/mol. The van der Waals surface area contributed by atoms with Gasteiger partial charge in [-0.15, -0.1) is 6.42 Å². The molecular formula is C11H16O5. The van der Waals surface area contributed by atoms with Crippen LogP contribution in [0.3, 0.4) is 0 Å². The first-order valence-electron chi connectivity index (χ1n) is 5.16. The average molecular weight is 228 g/mol. The molecule has 0 bridgehead atoms. The van der Waals surface area contributed by atoms with Crippen LogP contribution in [-0.2, 0) is 18.9 Å². The van der Waals surface area contributed by atoms with Gasteiger partial charge in [-0.05, 0) is 13.8 Å². The summed E-state index contributed by atoms with van der Waals surface area (Å²) in [5, 5.41) is 9.64. The molecule has 90 valence electrons. The van der Waals surface area contributed by atoms with Crippen LogP contribution in [0.25, 0.3) is 0 Å². The summed E-state index contributed by atoms with van der Waals surface area (Å²) in [7, 11) is 1.51. The highest BCUT2D eigenvalue weighted by Gasteiger charge is 2.57. The van der Waals surface area contributed by atoms with Crippen LogP contribution in [0.4, 0.5) is 0 Å². The number of hydrogen-bond acceptors (Lipinski definition) is 5. The number of aliphatic hydroxyl groups is 1. The lowest BCUT2D eigenvalue weighted by Gasteiger charge is -2.24. The van der Waals surface area contributed by atoms with E-state index in [0.717, 1.165) is 0 Å². The smallest absolute Gasteiger partial charge is 0.186 e. The third-order valence-corrected chi connectivity index (χ3v) is 2.76. The summed E-state index contributed by atoms with van der Waals surface area (Å²) < 4.78 is 21.9. The van der Waals surface area contributed by atoms with Gasteiger partial charge in [-0.2, -0.15) is 0 Å². The quantitative estimate of drug-likeness (QED) is 0.667. The minimum Gasteiger partial charge on any atom is -0.378 e. The first-order chi connectivity index (χ1) is 7.48. The predicted molar refractivity (Wildman–Crippen MR) is 54.3 cm³/mol. The van der Waals surface area contributed by atoms with Crippen LogP contribution in [0, 0.1) is 12.3 Å². The molecule has 5 heteroatoms. The Morgan fingerprint density at radius 3 is 2.56 bits per heavy atom. The molecule has 2 aliphatic heterocycles. The van der Waals surface area contributed by atoms with Crippen LogP contribution in [-0.4, -0.2) is 48.7 Å². The largest absolute Gasteiger partial charge is 0.378 e. The molecule has 2 saturated heterocycles. The normalized spacial score (nSPS) is 42.7. The van der Waals surface area contributed by atoms with Crippen molar-refractivity contribution in [1.82, 2.24) is 0 Å². The average Bonchev–Trinajstić information content (AvgIpc) is 2.69. The van der Waals surface area contributed by atoms with E-state index in [9.17, 15) is 5.11 Å². The molecule has 0 unspecified atom stereocenters. The summed E-state index contributed by atoms with van der Waals surface area (Å²) in [5.74, 6) is 1.53. The number of ether oxygens (including phenoxy) is 4. The number of aliphatic hydroxyl groups excluding tert-OH is 1. The molecule has 16 heavy (non-hydrogen) atoms. The van der Waals surface area contributed by atoms with Gasteiger partial charge < -0.3 is 24.1 Å². The fraction of sp³-hybridized carbons (Fsp3) is 0.818. The SMILES string of the molecule is C#C[C@@H](O)[C@H]1O[C@@H](OC)[C@@H]2OC(C)(C)O[C@@H]21. The molecule has 0 aromatic rings. The Hall–Kier alpha value is -0.640. The molecule has 2 rings (SSSR count). The molecule has 2 aliphatic rings. The third kappa shape index (κ3) is 1.83. The van der Waals surface area contributed by atoms with E-state index in [4.69, 9.17) is 25.4 Å². The van der Waals surface area contributed by atoms with Crippen LogP contribution >= 0.6 is 0 Å². The molecule has 5 atom stereocenters. The van der Waals surface area contributed by atoms with Crippen molar-refractivity contribution in [2.24, 2.45) is 0 Å². The Labute approximate surface area is 94.6 Å². The summed E-state index contributed by atoms with van der Waals surface area (Å²) in [6.45, 7) is 3.61. The van der Waals surface area contributed by atoms with Crippen molar-refractivity contribution in [1.29, 1.82) is 0 Å². The molecule has 0 aromatic heterocycles. The highest BCUT2D eigenvalue weighted by molar-refractivity contribution is 5.06. The van der Waals surface area contributed by atoms with Crippen LogP contribution in [0.2, 0.25) is 0 Å². The first kappa shape index (κ1) is 11.8. The van der Waals surface area contributed by atoms with E-state index in [1.807, 2.05) is 0 Å². The Balaban J connectivity index is 2.18. The predicted octanol–water partition coefficient (Wildman–Crippen LogP) is -0.128. The van der Waals surface area contributed by atoms with Gasteiger partial charge in [0.15, 0.2) is 12.1 Å². The van der Waals surface area contributed by atoms with E-state index in [2.05, 4.69) is 5.92 Å². The van der Waals surface area contributed by atoms with E-state index in [-0.39, 0.29) is 6.10 Å². The lowest BCUT2D eigenvalue weighted by atomic mass is 10.1. The summed E-state index contributed by atoms with van der Waals surface area (Å²) in [6, 6.07) is 0. The molecular weight excluding hydrogens is 212 g/mol. The van der Waals surface area contributed by atoms with Crippen molar-refractivity contribution in [3.63, 3.8) is 0 Å². The first-order valence-corrected chi connectivity index (χ1v) is 5.16. The van der Waals surface area contributed by atoms with Crippen LogP contribution in [0.5, 0.6) is 0 Å². The maximum absolute atomic E-state index is 9.64. The van der Waals surface area contributed by atoms with E-state index in [1.165, 1.54) is 7.11 Å². The highest BCUT2D eigenvalue weighted by Crippen LogP contribution is 2.39.